The van der Waals surface area contributed by atoms with Crippen molar-refractivity contribution in [2.45, 2.75) is 110 Å². The standard InChI is InChI=1S/C28H47NO4/c1-17(6-11-25(31)29-18(2)26(32)33-5)22-9-10-23-21-8-7-19-16-20(30)12-14-27(19,3)24(21)13-15-28(22,23)4/h17-24,30H,6-16H2,1-5H3,(H,29,31)/t17?,18?,19-,20?,21?,22-,23?,24?,27+,28-/m1/s1. The van der Waals surface area contributed by atoms with E-state index >= 15 is 0 Å². The van der Waals surface area contributed by atoms with Gasteiger partial charge in [0.15, 0.2) is 0 Å². The van der Waals surface area contributed by atoms with Gasteiger partial charge in [-0.25, -0.2) is 4.79 Å². The average Bonchev–Trinajstić information content (AvgIpc) is 3.14. The Morgan fingerprint density at radius 2 is 1.70 bits per heavy atom. The summed E-state index contributed by atoms with van der Waals surface area (Å²) in [5, 5.41) is 13.1. The van der Waals surface area contributed by atoms with E-state index in [0.29, 0.717) is 35.0 Å². The molecule has 4 aliphatic rings. The topological polar surface area (TPSA) is 75.6 Å². The van der Waals surface area contributed by atoms with Crippen molar-refractivity contribution in [1.29, 1.82) is 0 Å². The lowest BCUT2D eigenvalue weighted by Crippen LogP contribution is -2.54. The van der Waals surface area contributed by atoms with Crippen LogP contribution in [0.25, 0.3) is 0 Å². The maximum atomic E-state index is 12.4. The van der Waals surface area contributed by atoms with E-state index in [1.54, 1.807) is 6.92 Å². The van der Waals surface area contributed by atoms with Crippen LogP contribution in [0.3, 0.4) is 0 Å². The number of aliphatic hydroxyl groups is 1. The predicted molar refractivity (Wildman–Crippen MR) is 129 cm³/mol. The van der Waals surface area contributed by atoms with Crippen molar-refractivity contribution in [3.05, 3.63) is 0 Å². The normalized spacial score (nSPS) is 44.1. The van der Waals surface area contributed by atoms with Crippen LogP contribution in [0, 0.1) is 46.3 Å². The van der Waals surface area contributed by atoms with E-state index in [2.05, 4.69) is 26.1 Å². The molecule has 188 valence electrons. The minimum Gasteiger partial charge on any atom is -0.467 e. The molecule has 0 aromatic carbocycles. The van der Waals surface area contributed by atoms with Crippen molar-refractivity contribution in [3.63, 3.8) is 0 Å². The van der Waals surface area contributed by atoms with Gasteiger partial charge >= 0.3 is 5.97 Å². The van der Waals surface area contributed by atoms with E-state index in [4.69, 9.17) is 4.74 Å². The van der Waals surface area contributed by atoms with Crippen LogP contribution in [0.15, 0.2) is 0 Å². The number of nitrogens with one attached hydrogen (secondary N) is 1. The van der Waals surface area contributed by atoms with Crippen molar-refractivity contribution in [2.75, 3.05) is 7.11 Å². The molecule has 5 nitrogen and oxygen atoms in total. The van der Waals surface area contributed by atoms with Crippen molar-refractivity contribution in [3.8, 4) is 0 Å². The molecule has 0 saturated heterocycles. The zero-order valence-corrected chi connectivity index (χ0v) is 21.6. The van der Waals surface area contributed by atoms with E-state index in [9.17, 15) is 14.7 Å². The minimum atomic E-state index is -0.584. The van der Waals surface area contributed by atoms with E-state index in [-0.39, 0.29) is 12.0 Å². The fourth-order valence-electron chi connectivity index (χ4n) is 9.32. The van der Waals surface area contributed by atoms with Crippen LogP contribution < -0.4 is 5.32 Å². The molecule has 6 unspecified atom stereocenters. The molecule has 0 aromatic heterocycles. The summed E-state index contributed by atoms with van der Waals surface area (Å²) in [6.07, 6.45) is 12.5. The number of aliphatic hydroxyl groups excluding tert-OH is 1. The first-order valence-electron chi connectivity index (χ1n) is 13.7. The lowest BCUT2D eigenvalue weighted by molar-refractivity contribution is -0.144. The molecule has 33 heavy (non-hydrogen) atoms. The first-order chi connectivity index (χ1) is 15.6. The highest BCUT2D eigenvalue weighted by Crippen LogP contribution is 2.68. The highest BCUT2D eigenvalue weighted by molar-refractivity contribution is 5.84. The molecule has 4 aliphatic carbocycles. The Labute approximate surface area is 200 Å². The van der Waals surface area contributed by atoms with Gasteiger partial charge in [-0.1, -0.05) is 20.8 Å². The van der Waals surface area contributed by atoms with Gasteiger partial charge in [0.2, 0.25) is 5.91 Å². The van der Waals surface area contributed by atoms with Crippen LogP contribution in [0.4, 0.5) is 0 Å². The Kier molecular flexibility index (Phi) is 7.21. The number of hydrogen-bond acceptors (Lipinski definition) is 4. The van der Waals surface area contributed by atoms with Crippen LogP contribution >= 0.6 is 0 Å². The van der Waals surface area contributed by atoms with Gasteiger partial charge in [0, 0.05) is 6.42 Å². The van der Waals surface area contributed by atoms with Crippen LogP contribution in [0.2, 0.25) is 0 Å². The van der Waals surface area contributed by atoms with E-state index < -0.39 is 12.0 Å². The van der Waals surface area contributed by atoms with Crippen LogP contribution in [-0.2, 0) is 14.3 Å². The number of amides is 1. The lowest BCUT2D eigenvalue weighted by Gasteiger charge is -2.61. The molecule has 2 N–H and O–H groups in total. The molecule has 0 aromatic rings. The Balaban J connectivity index is 1.37. The molecule has 4 rings (SSSR count). The fraction of sp³-hybridized carbons (Fsp3) is 0.929. The highest BCUT2D eigenvalue weighted by Gasteiger charge is 2.60. The number of carbonyl (C=O) groups is 2. The molecule has 4 saturated carbocycles. The predicted octanol–water partition coefficient (Wildman–Crippen LogP) is 5.10. The smallest absolute Gasteiger partial charge is 0.328 e. The number of esters is 1. The van der Waals surface area contributed by atoms with Gasteiger partial charge in [-0.05, 0) is 117 Å². The number of rotatable bonds is 6. The number of carbonyl (C=O) groups excluding carboxylic acids is 2. The average molecular weight is 462 g/mol. The second-order valence-corrected chi connectivity index (χ2v) is 12.6. The second kappa shape index (κ2) is 9.51. The number of fused-ring (bicyclic) bond motifs is 5. The first kappa shape index (κ1) is 25.0. The first-order valence-corrected chi connectivity index (χ1v) is 13.7. The van der Waals surface area contributed by atoms with Crippen molar-refractivity contribution in [1.82, 2.24) is 5.32 Å². The third-order valence-corrected chi connectivity index (χ3v) is 11.2. The molecule has 1 amide bonds. The summed E-state index contributed by atoms with van der Waals surface area (Å²) in [7, 11) is 1.35. The third-order valence-electron chi connectivity index (χ3n) is 11.2. The third kappa shape index (κ3) is 4.48. The minimum absolute atomic E-state index is 0.0473. The Morgan fingerprint density at radius 3 is 2.42 bits per heavy atom. The van der Waals surface area contributed by atoms with Gasteiger partial charge in [-0.3, -0.25) is 4.79 Å². The van der Waals surface area contributed by atoms with Crippen molar-refractivity contribution < 1.29 is 19.4 Å². The Morgan fingerprint density at radius 1 is 1.00 bits per heavy atom. The van der Waals surface area contributed by atoms with Crippen LogP contribution in [0.5, 0.6) is 0 Å². The van der Waals surface area contributed by atoms with Gasteiger partial charge in [0.1, 0.15) is 6.04 Å². The monoisotopic (exact) mass is 461 g/mol. The van der Waals surface area contributed by atoms with Crippen molar-refractivity contribution >= 4 is 11.9 Å². The zero-order valence-electron chi connectivity index (χ0n) is 21.6. The Hall–Kier alpha value is -1.10. The number of ether oxygens (including phenoxy) is 1. The summed E-state index contributed by atoms with van der Waals surface area (Å²) in [6, 6.07) is -0.584. The van der Waals surface area contributed by atoms with Gasteiger partial charge in [0.25, 0.3) is 0 Å². The summed E-state index contributed by atoms with van der Waals surface area (Å²) >= 11 is 0. The van der Waals surface area contributed by atoms with E-state index in [1.807, 2.05) is 0 Å². The molecule has 0 aliphatic heterocycles. The molecule has 10 atom stereocenters. The van der Waals surface area contributed by atoms with Gasteiger partial charge < -0.3 is 15.2 Å². The van der Waals surface area contributed by atoms with E-state index in [0.717, 1.165) is 37.0 Å². The maximum Gasteiger partial charge on any atom is 0.328 e. The molecular formula is C28H47NO4. The molecular weight excluding hydrogens is 414 g/mol. The quantitative estimate of drug-likeness (QED) is 0.540. The van der Waals surface area contributed by atoms with Gasteiger partial charge in [-0.15, -0.1) is 0 Å². The van der Waals surface area contributed by atoms with Gasteiger partial charge in [-0.2, -0.15) is 0 Å². The highest BCUT2D eigenvalue weighted by atomic mass is 16.5. The Bertz CT molecular complexity index is 739. The number of methoxy groups -OCH3 is 1. The summed E-state index contributed by atoms with van der Waals surface area (Å²) in [5.74, 6) is 3.99. The summed E-state index contributed by atoms with van der Waals surface area (Å²) < 4.78 is 4.71. The van der Waals surface area contributed by atoms with Crippen molar-refractivity contribution in [2.24, 2.45) is 46.3 Å². The fourth-order valence-corrected chi connectivity index (χ4v) is 9.32. The summed E-state index contributed by atoms with van der Waals surface area (Å²) in [4.78, 5) is 24.0. The lowest BCUT2D eigenvalue weighted by atomic mass is 9.44. The molecule has 0 spiro atoms. The maximum absolute atomic E-state index is 12.4. The van der Waals surface area contributed by atoms with Crippen LogP contribution in [-0.4, -0.2) is 36.2 Å². The number of hydrogen-bond donors (Lipinski definition) is 2. The summed E-state index contributed by atoms with van der Waals surface area (Å²) in [5.41, 5.74) is 0.829. The van der Waals surface area contributed by atoms with E-state index in [1.165, 1.54) is 52.1 Å². The van der Waals surface area contributed by atoms with Crippen LogP contribution in [0.1, 0.15) is 98.3 Å². The molecule has 0 bridgehead atoms. The zero-order chi connectivity index (χ0) is 24.0. The molecule has 0 radical (unpaired) electrons. The molecule has 4 fully saturated rings. The second-order valence-electron chi connectivity index (χ2n) is 12.6. The van der Waals surface area contributed by atoms with Gasteiger partial charge in [0.05, 0.1) is 13.2 Å². The SMILES string of the molecule is COC(=O)C(C)NC(=O)CCC(C)[C@H]1CCC2C3CC[C@@H]4CC(O)CC[C@]4(C)C3CC[C@@]21C. The largest absolute Gasteiger partial charge is 0.467 e. The molecule has 5 heteroatoms. The summed E-state index contributed by atoms with van der Waals surface area (Å²) in [6.45, 7) is 9.16. The molecule has 0 heterocycles.